The molecule has 0 spiro atoms. The van der Waals surface area contributed by atoms with Crippen LogP contribution in [0.4, 0.5) is 4.39 Å². The lowest BCUT2D eigenvalue weighted by Gasteiger charge is -2.17. The maximum atomic E-state index is 12.9. The highest BCUT2D eigenvalue weighted by molar-refractivity contribution is 8.00. The number of thioether (sulfide) groups is 1. The first-order valence-corrected chi connectivity index (χ1v) is 8.84. The predicted octanol–water partition coefficient (Wildman–Crippen LogP) is 3.30. The number of aromatic nitrogens is 1. The highest BCUT2D eigenvalue weighted by atomic mass is 32.2. The molecule has 6 heteroatoms. The number of hydrogen-bond acceptors (Lipinski definition) is 4. The molecule has 0 aliphatic carbocycles. The third kappa shape index (κ3) is 4.47. The molecule has 0 N–H and O–H groups in total. The zero-order valence-electron chi connectivity index (χ0n) is 13.4. The number of likely N-dealkylation sites (tertiary alicyclic amines) is 1. The normalized spacial score (nSPS) is 17.1. The van der Waals surface area contributed by atoms with Crippen molar-refractivity contribution in [3.63, 3.8) is 0 Å². The molecule has 1 aromatic heterocycles. The standard InChI is InChI=1S/C18H19FN2O2S/c1-13-2-7-17(20-10-13)23-15-8-9-21(11-15)18(22)12-24-16-5-3-14(19)4-6-16/h2-7,10,15H,8-9,11-12H2,1H3/t15-/m0/s1. The van der Waals surface area contributed by atoms with E-state index in [1.54, 1.807) is 18.3 Å². The van der Waals surface area contributed by atoms with Crippen molar-refractivity contribution in [3.8, 4) is 5.88 Å². The van der Waals surface area contributed by atoms with Crippen LogP contribution in [-0.2, 0) is 4.79 Å². The number of carbonyl (C=O) groups excluding carboxylic acids is 1. The van der Waals surface area contributed by atoms with Gasteiger partial charge in [-0.2, -0.15) is 0 Å². The molecule has 0 unspecified atom stereocenters. The summed E-state index contributed by atoms with van der Waals surface area (Å²) in [5, 5.41) is 0. The molecule has 0 radical (unpaired) electrons. The van der Waals surface area contributed by atoms with Crippen molar-refractivity contribution >= 4 is 17.7 Å². The van der Waals surface area contributed by atoms with E-state index in [0.29, 0.717) is 24.7 Å². The Bertz CT molecular complexity index is 691. The van der Waals surface area contributed by atoms with Gasteiger partial charge in [0.25, 0.3) is 0 Å². The number of halogens is 1. The number of carbonyl (C=O) groups is 1. The van der Waals surface area contributed by atoms with Gasteiger partial charge < -0.3 is 9.64 Å². The first-order valence-electron chi connectivity index (χ1n) is 7.85. The molecule has 1 aliphatic rings. The van der Waals surface area contributed by atoms with Crippen LogP contribution in [-0.4, -0.2) is 40.7 Å². The summed E-state index contributed by atoms with van der Waals surface area (Å²) in [4.78, 5) is 19.2. The zero-order valence-corrected chi connectivity index (χ0v) is 14.3. The smallest absolute Gasteiger partial charge is 0.233 e. The summed E-state index contributed by atoms with van der Waals surface area (Å²) < 4.78 is 18.7. The van der Waals surface area contributed by atoms with Gasteiger partial charge in [-0.3, -0.25) is 4.79 Å². The largest absolute Gasteiger partial charge is 0.472 e. The van der Waals surface area contributed by atoms with Crippen molar-refractivity contribution < 1.29 is 13.9 Å². The molecule has 1 aliphatic heterocycles. The van der Waals surface area contributed by atoms with E-state index >= 15 is 0 Å². The SMILES string of the molecule is Cc1ccc(O[C@H]2CCN(C(=O)CSc3ccc(F)cc3)C2)nc1. The van der Waals surface area contributed by atoms with Crippen LogP contribution in [0.15, 0.2) is 47.5 Å². The minimum absolute atomic E-state index is 0.0139. The molecule has 1 amide bonds. The number of benzene rings is 1. The second-order valence-corrected chi connectivity index (χ2v) is 6.83. The average molecular weight is 346 g/mol. The van der Waals surface area contributed by atoms with Gasteiger partial charge >= 0.3 is 0 Å². The van der Waals surface area contributed by atoms with Gasteiger partial charge in [-0.15, -0.1) is 11.8 Å². The molecule has 1 saturated heterocycles. The van der Waals surface area contributed by atoms with Gasteiger partial charge in [0, 0.05) is 30.1 Å². The minimum atomic E-state index is -0.269. The van der Waals surface area contributed by atoms with Crippen molar-refractivity contribution in [2.24, 2.45) is 0 Å². The molecule has 1 atom stereocenters. The van der Waals surface area contributed by atoms with Gasteiger partial charge in [-0.05, 0) is 36.8 Å². The van der Waals surface area contributed by atoms with Gasteiger partial charge in [-0.25, -0.2) is 9.37 Å². The number of amides is 1. The lowest BCUT2D eigenvalue weighted by Crippen LogP contribution is -2.32. The van der Waals surface area contributed by atoms with Gasteiger partial charge in [0.05, 0.1) is 12.3 Å². The van der Waals surface area contributed by atoms with E-state index in [1.165, 1.54) is 23.9 Å². The lowest BCUT2D eigenvalue weighted by molar-refractivity contribution is -0.127. The van der Waals surface area contributed by atoms with Gasteiger partial charge in [0.1, 0.15) is 11.9 Å². The van der Waals surface area contributed by atoms with Crippen LogP contribution < -0.4 is 4.74 Å². The molecular formula is C18H19FN2O2S. The highest BCUT2D eigenvalue weighted by Gasteiger charge is 2.27. The third-order valence-corrected chi connectivity index (χ3v) is 4.84. The Morgan fingerprint density at radius 1 is 1.33 bits per heavy atom. The van der Waals surface area contributed by atoms with E-state index in [0.717, 1.165) is 16.9 Å². The Labute approximate surface area is 145 Å². The zero-order chi connectivity index (χ0) is 16.9. The summed E-state index contributed by atoms with van der Waals surface area (Å²) in [5.74, 6) is 0.754. The van der Waals surface area contributed by atoms with Gasteiger partial charge in [0.15, 0.2) is 0 Å². The van der Waals surface area contributed by atoms with Gasteiger partial charge in [-0.1, -0.05) is 6.07 Å². The summed E-state index contributed by atoms with van der Waals surface area (Å²) in [6.07, 6.45) is 2.56. The molecule has 24 heavy (non-hydrogen) atoms. The molecule has 1 aromatic carbocycles. The Balaban J connectivity index is 1.46. The maximum absolute atomic E-state index is 12.9. The van der Waals surface area contributed by atoms with Crippen molar-refractivity contribution in [2.45, 2.75) is 24.3 Å². The minimum Gasteiger partial charge on any atom is -0.472 e. The van der Waals surface area contributed by atoms with E-state index in [9.17, 15) is 9.18 Å². The fourth-order valence-electron chi connectivity index (χ4n) is 2.51. The number of aryl methyl sites for hydroxylation is 1. The van der Waals surface area contributed by atoms with Gasteiger partial charge in [0.2, 0.25) is 11.8 Å². The summed E-state index contributed by atoms with van der Waals surface area (Å²) in [6, 6.07) is 9.99. The fourth-order valence-corrected chi connectivity index (χ4v) is 3.31. The van der Waals surface area contributed by atoms with E-state index < -0.39 is 0 Å². The first kappa shape index (κ1) is 16.8. The van der Waals surface area contributed by atoms with Crippen LogP contribution in [0.25, 0.3) is 0 Å². The molecule has 0 saturated carbocycles. The van der Waals surface area contributed by atoms with Crippen LogP contribution in [0.2, 0.25) is 0 Å². The van der Waals surface area contributed by atoms with Crippen LogP contribution in [0.5, 0.6) is 5.88 Å². The van der Waals surface area contributed by atoms with Crippen LogP contribution in [0, 0.1) is 12.7 Å². The van der Waals surface area contributed by atoms with Crippen LogP contribution >= 0.6 is 11.8 Å². The molecule has 1 fully saturated rings. The fraction of sp³-hybridized carbons (Fsp3) is 0.333. The van der Waals surface area contributed by atoms with E-state index in [4.69, 9.17) is 4.74 Å². The van der Waals surface area contributed by atoms with Crippen molar-refractivity contribution in [1.29, 1.82) is 0 Å². The highest BCUT2D eigenvalue weighted by Crippen LogP contribution is 2.21. The number of nitrogens with zero attached hydrogens (tertiary/aromatic N) is 2. The first-order chi connectivity index (χ1) is 11.6. The maximum Gasteiger partial charge on any atom is 0.233 e. The Morgan fingerprint density at radius 3 is 2.83 bits per heavy atom. The van der Waals surface area contributed by atoms with Crippen LogP contribution in [0.1, 0.15) is 12.0 Å². The topological polar surface area (TPSA) is 42.4 Å². The van der Waals surface area contributed by atoms with Crippen molar-refractivity contribution in [1.82, 2.24) is 9.88 Å². The molecule has 2 heterocycles. The lowest BCUT2D eigenvalue weighted by atomic mass is 10.3. The summed E-state index contributed by atoms with van der Waals surface area (Å²) in [6.45, 7) is 3.25. The second kappa shape index (κ2) is 7.66. The molecule has 0 bridgehead atoms. The number of pyridine rings is 1. The molecule has 2 aromatic rings. The summed E-state index contributed by atoms with van der Waals surface area (Å²) in [5.41, 5.74) is 1.09. The van der Waals surface area contributed by atoms with Crippen molar-refractivity contribution in [2.75, 3.05) is 18.8 Å². The summed E-state index contributed by atoms with van der Waals surface area (Å²) in [7, 11) is 0. The monoisotopic (exact) mass is 346 g/mol. The van der Waals surface area contributed by atoms with E-state index in [-0.39, 0.29) is 17.8 Å². The number of hydrogen-bond donors (Lipinski definition) is 0. The third-order valence-electron chi connectivity index (χ3n) is 3.85. The average Bonchev–Trinajstić information content (AvgIpc) is 3.05. The molecule has 3 rings (SSSR count). The van der Waals surface area contributed by atoms with Crippen LogP contribution in [0.3, 0.4) is 0 Å². The van der Waals surface area contributed by atoms with Crippen molar-refractivity contribution in [3.05, 3.63) is 54.0 Å². The number of ether oxygens (including phenoxy) is 1. The van der Waals surface area contributed by atoms with E-state index in [1.807, 2.05) is 24.0 Å². The second-order valence-electron chi connectivity index (χ2n) is 5.78. The molecule has 126 valence electrons. The molecular weight excluding hydrogens is 327 g/mol. The van der Waals surface area contributed by atoms with E-state index in [2.05, 4.69) is 4.98 Å². The Morgan fingerprint density at radius 2 is 2.12 bits per heavy atom. The molecule has 4 nitrogen and oxygen atoms in total. The number of rotatable bonds is 5. The summed E-state index contributed by atoms with van der Waals surface area (Å²) >= 11 is 1.42. The quantitative estimate of drug-likeness (QED) is 0.779. The Hall–Kier alpha value is -2.08. The Kier molecular flexibility index (Phi) is 5.35. The predicted molar refractivity (Wildman–Crippen MR) is 91.7 cm³/mol.